The van der Waals surface area contributed by atoms with Crippen LogP contribution >= 0.6 is 0 Å². The minimum atomic E-state index is -0.435. The van der Waals surface area contributed by atoms with Crippen molar-refractivity contribution in [1.29, 1.82) is 0 Å². The summed E-state index contributed by atoms with van der Waals surface area (Å²) in [5, 5.41) is 14.8. The van der Waals surface area contributed by atoms with Gasteiger partial charge in [-0.3, -0.25) is 14.9 Å². The first-order chi connectivity index (χ1) is 11.3. The number of aromatic nitrogens is 1. The van der Waals surface area contributed by atoms with E-state index in [-0.39, 0.29) is 17.6 Å². The zero-order valence-electron chi connectivity index (χ0n) is 14.3. The Hall–Kier alpha value is -2.70. The third-order valence-electron chi connectivity index (χ3n) is 4.31. The number of nitrogens with zero attached hydrogens (tertiary/aromatic N) is 3. The van der Waals surface area contributed by atoms with Crippen LogP contribution in [0.15, 0.2) is 28.8 Å². The highest BCUT2D eigenvalue weighted by Crippen LogP contribution is 2.24. The molecule has 7 heteroatoms. The molecule has 0 radical (unpaired) electrons. The monoisotopic (exact) mass is 331 g/mol. The molecule has 128 valence electrons. The molecule has 0 N–H and O–H groups in total. The molecular weight excluding hydrogens is 310 g/mol. The molecule has 0 unspecified atom stereocenters. The highest BCUT2D eigenvalue weighted by atomic mass is 16.6. The molecule has 0 aliphatic rings. The molecule has 1 aromatic heterocycles. The number of hydrogen-bond acceptors (Lipinski definition) is 5. The van der Waals surface area contributed by atoms with Gasteiger partial charge in [-0.25, -0.2) is 0 Å². The second-order valence-corrected chi connectivity index (χ2v) is 5.84. The van der Waals surface area contributed by atoms with Crippen LogP contribution in [0.25, 0.3) is 0 Å². The molecule has 0 saturated carbocycles. The number of carbonyl (C=O) groups excluding carboxylic acids is 1. The summed E-state index contributed by atoms with van der Waals surface area (Å²) in [5.74, 6) is 0.698. The lowest BCUT2D eigenvalue weighted by atomic mass is 10.0. The number of nitro groups is 1. The lowest BCUT2D eigenvalue weighted by Crippen LogP contribution is -2.29. The summed E-state index contributed by atoms with van der Waals surface area (Å²) in [6.45, 7) is 5.54. The van der Waals surface area contributed by atoms with Crippen molar-refractivity contribution in [2.45, 2.75) is 39.7 Å². The van der Waals surface area contributed by atoms with Crippen molar-refractivity contribution in [3.8, 4) is 0 Å². The van der Waals surface area contributed by atoms with E-state index in [1.807, 2.05) is 20.8 Å². The average Bonchev–Trinajstić information content (AvgIpc) is 2.89. The quantitative estimate of drug-likeness (QED) is 0.598. The van der Waals surface area contributed by atoms with E-state index in [0.717, 1.165) is 22.6 Å². The first-order valence-electron chi connectivity index (χ1n) is 7.73. The second kappa shape index (κ2) is 7.25. The van der Waals surface area contributed by atoms with Gasteiger partial charge < -0.3 is 9.42 Å². The molecular formula is C17H21N3O4. The molecule has 7 nitrogen and oxygen atoms in total. The van der Waals surface area contributed by atoms with E-state index >= 15 is 0 Å². The van der Waals surface area contributed by atoms with Gasteiger partial charge in [0.25, 0.3) is 5.69 Å². The van der Waals surface area contributed by atoms with Gasteiger partial charge in [0.05, 0.1) is 16.7 Å². The van der Waals surface area contributed by atoms with Gasteiger partial charge in [-0.15, -0.1) is 0 Å². The number of amides is 1. The first-order valence-corrected chi connectivity index (χ1v) is 7.73. The predicted octanol–water partition coefficient (Wildman–Crippen LogP) is 3.35. The maximum absolute atomic E-state index is 12.4. The van der Waals surface area contributed by atoms with E-state index in [9.17, 15) is 14.9 Å². The predicted molar refractivity (Wildman–Crippen MR) is 88.6 cm³/mol. The van der Waals surface area contributed by atoms with Crippen LogP contribution in [0.2, 0.25) is 0 Å². The standard InChI is InChI=1S/C17H21N3O4/c1-11-16(13(3)24-18-11)8-9-17(21)19(4)12(2)14-6-5-7-15(10-14)20(22)23/h5-7,10,12H,8-9H2,1-4H3/t12-/m0/s1. The molecule has 1 heterocycles. The molecule has 1 atom stereocenters. The Morgan fingerprint density at radius 1 is 1.42 bits per heavy atom. The van der Waals surface area contributed by atoms with Gasteiger partial charge in [-0.2, -0.15) is 0 Å². The van der Waals surface area contributed by atoms with Crippen LogP contribution in [0.3, 0.4) is 0 Å². The summed E-state index contributed by atoms with van der Waals surface area (Å²) in [6.07, 6.45) is 0.894. The number of non-ortho nitro benzene ring substituents is 1. The minimum Gasteiger partial charge on any atom is -0.361 e. The smallest absolute Gasteiger partial charge is 0.269 e. The summed E-state index contributed by atoms with van der Waals surface area (Å²) >= 11 is 0. The number of rotatable bonds is 6. The number of benzene rings is 1. The van der Waals surface area contributed by atoms with Gasteiger partial charge in [0, 0.05) is 31.2 Å². The molecule has 0 fully saturated rings. The van der Waals surface area contributed by atoms with Gasteiger partial charge in [0.2, 0.25) is 5.91 Å². The summed E-state index contributed by atoms with van der Waals surface area (Å²) in [6, 6.07) is 6.11. The summed E-state index contributed by atoms with van der Waals surface area (Å²) < 4.78 is 5.10. The fourth-order valence-electron chi connectivity index (χ4n) is 2.60. The normalized spacial score (nSPS) is 12.0. The van der Waals surface area contributed by atoms with Crippen molar-refractivity contribution in [2.75, 3.05) is 7.05 Å². The molecule has 0 saturated heterocycles. The Bertz CT molecular complexity index is 735. The number of nitro benzene ring substituents is 1. The number of aryl methyl sites for hydroxylation is 2. The number of hydrogen-bond donors (Lipinski definition) is 0. The Morgan fingerprint density at radius 3 is 2.71 bits per heavy atom. The van der Waals surface area contributed by atoms with Crippen LogP contribution in [0.4, 0.5) is 5.69 Å². The van der Waals surface area contributed by atoms with Crippen LogP contribution in [-0.4, -0.2) is 27.9 Å². The van der Waals surface area contributed by atoms with Gasteiger partial charge in [0.1, 0.15) is 5.76 Å². The van der Waals surface area contributed by atoms with Crippen LogP contribution < -0.4 is 0 Å². The molecule has 2 rings (SSSR count). The second-order valence-electron chi connectivity index (χ2n) is 5.84. The molecule has 1 amide bonds. The van der Waals surface area contributed by atoms with Gasteiger partial charge in [-0.1, -0.05) is 17.3 Å². The molecule has 0 spiro atoms. The van der Waals surface area contributed by atoms with Crippen LogP contribution in [0.1, 0.15) is 42.0 Å². The minimum absolute atomic E-state index is 0.0240. The maximum Gasteiger partial charge on any atom is 0.269 e. The molecule has 0 bridgehead atoms. The topological polar surface area (TPSA) is 89.5 Å². The van der Waals surface area contributed by atoms with Crippen molar-refractivity contribution >= 4 is 11.6 Å². The molecule has 1 aromatic carbocycles. The average molecular weight is 331 g/mol. The van der Waals surface area contributed by atoms with Crippen LogP contribution in [0, 0.1) is 24.0 Å². The highest BCUT2D eigenvalue weighted by molar-refractivity contribution is 5.76. The summed E-state index contributed by atoms with van der Waals surface area (Å²) in [4.78, 5) is 24.5. The van der Waals surface area contributed by atoms with Crippen LogP contribution in [0.5, 0.6) is 0 Å². The lowest BCUT2D eigenvalue weighted by molar-refractivity contribution is -0.384. The zero-order chi connectivity index (χ0) is 17.9. The third kappa shape index (κ3) is 3.79. The van der Waals surface area contributed by atoms with Crippen molar-refractivity contribution in [3.05, 3.63) is 57.0 Å². The first kappa shape index (κ1) is 17.7. The van der Waals surface area contributed by atoms with E-state index in [4.69, 9.17) is 4.52 Å². The Kier molecular flexibility index (Phi) is 5.33. The fourth-order valence-corrected chi connectivity index (χ4v) is 2.60. The molecule has 0 aliphatic carbocycles. The molecule has 0 aliphatic heterocycles. The van der Waals surface area contributed by atoms with Crippen molar-refractivity contribution in [1.82, 2.24) is 10.1 Å². The Balaban J connectivity index is 2.04. The third-order valence-corrected chi connectivity index (χ3v) is 4.31. The van der Waals surface area contributed by atoms with Crippen molar-refractivity contribution < 1.29 is 14.2 Å². The number of carbonyl (C=O) groups is 1. The summed E-state index contributed by atoms with van der Waals surface area (Å²) in [7, 11) is 1.71. The fraction of sp³-hybridized carbons (Fsp3) is 0.412. The van der Waals surface area contributed by atoms with Gasteiger partial charge in [-0.05, 0) is 32.8 Å². The summed E-state index contributed by atoms with van der Waals surface area (Å²) in [5.41, 5.74) is 2.52. The van der Waals surface area contributed by atoms with Gasteiger partial charge in [0.15, 0.2) is 0 Å². The highest BCUT2D eigenvalue weighted by Gasteiger charge is 2.20. The van der Waals surface area contributed by atoms with E-state index in [2.05, 4.69) is 5.16 Å². The van der Waals surface area contributed by atoms with E-state index < -0.39 is 4.92 Å². The lowest BCUT2D eigenvalue weighted by Gasteiger charge is -2.25. The van der Waals surface area contributed by atoms with Crippen molar-refractivity contribution in [3.63, 3.8) is 0 Å². The van der Waals surface area contributed by atoms with E-state index in [1.54, 1.807) is 24.1 Å². The van der Waals surface area contributed by atoms with E-state index in [1.165, 1.54) is 12.1 Å². The van der Waals surface area contributed by atoms with Crippen molar-refractivity contribution in [2.24, 2.45) is 0 Å². The Labute approximate surface area is 140 Å². The maximum atomic E-state index is 12.4. The largest absolute Gasteiger partial charge is 0.361 e. The van der Waals surface area contributed by atoms with Gasteiger partial charge >= 0.3 is 0 Å². The Morgan fingerprint density at radius 2 is 2.12 bits per heavy atom. The van der Waals surface area contributed by atoms with Crippen LogP contribution in [-0.2, 0) is 11.2 Å². The SMILES string of the molecule is Cc1noc(C)c1CCC(=O)N(C)[C@@H](C)c1cccc([N+](=O)[O-])c1. The zero-order valence-corrected chi connectivity index (χ0v) is 14.3. The molecule has 24 heavy (non-hydrogen) atoms. The van der Waals surface area contributed by atoms with E-state index in [0.29, 0.717) is 12.8 Å². The molecule has 2 aromatic rings.